The Morgan fingerprint density at radius 1 is 1.12 bits per heavy atom. The molecule has 0 fully saturated rings. The van der Waals surface area contributed by atoms with Gasteiger partial charge in [0.15, 0.2) is 0 Å². The fraction of sp³-hybridized carbons (Fsp3) is 0. The van der Waals surface area contributed by atoms with Gasteiger partial charge in [-0.05, 0) is 24.3 Å². The first-order chi connectivity index (χ1) is 12.5. The van der Waals surface area contributed by atoms with E-state index in [9.17, 15) is 10.1 Å². The number of nitriles is 1. The summed E-state index contributed by atoms with van der Waals surface area (Å²) in [7, 11) is 0. The fourth-order valence-electron chi connectivity index (χ4n) is 2.31. The third-order valence-electron chi connectivity index (χ3n) is 3.48. The van der Waals surface area contributed by atoms with Gasteiger partial charge >= 0.3 is 5.97 Å². The minimum Gasteiger partial charge on any atom is -0.423 e. The van der Waals surface area contributed by atoms with Crippen LogP contribution >= 0.6 is 11.6 Å². The van der Waals surface area contributed by atoms with E-state index < -0.39 is 5.97 Å². The lowest BCUT2D eigenvalue weighted by Gasteiger charge is -2.09. The number of esters is 1. The van der Waals surface area contributed by atoms with Gasteiger partial charge in [0.25, 0.3) is 0 Å². The predicted octanol–water partition coefficient (Wildman–Crippen LogP) is 3.05. The van der Waals surface area contributed by atoms with Crippen molar-refractivity contribution in [3.63, 3.8) is 0 Å². The maximum atomic E-state index is 12.3. The van der Waals surface area contributed by atoms with Crippen molar-refractivity contribution in [3.05, 3.63) is 64.7 Å². The molecule has 1 aromatic heterocycles. The van der Waals surface area contributed by atoms with Gasteiger partial charge in [-0.1, -0.05) is 35.9 Å². The Labute approximate surface area is 153 Å². The lowest BCUT2D eigenvalue weighted by Crippen LogP contribution is -2.09. The van der Waals surface area contributed by atoms with Crippen LogP contribution < -0.4 is 16.2 Å². The SMILES string of the molecule is N#Cc1c(N)nc(N)nc1-c1cccc(OC(=O)c2ccccc2Cl)c1. The van der Waals surface area contributed by atoms with Crippen LogP contribution in [0, 0.1) is 11.3 Å². The number of benzene rings is 2. The zero-order valence-corrected chi connectivity index (χ0v) is 14.1. The molecule has 26 heavy (non-hydrogen) atoms. The number of nitrogen functional groups attached to an aromatic ring is 2. The van der Waals surface area contributed by atoms with Gasteiger partial charge in [-0.25, -0.2) is 9.78 Å². The first-order valence-electron chi connectivity index (χ1n) is 7.40. The molecule has 0 unspecified atom stereocenters. The lowest BCUT2D eigenvalue weighted by atomic mass is 10.1. The van der Waals surface area contributed by atoms with E-state index in [1.807, 2.05) is 6.07 Å². The highest BCUT2D eigenvalue weighted by Crippen LogP contribution is 2.28. The molecule has 0 aliphatic carbocycles. The zero-order valence-electron chi connectivity index (χ0n) is 13.3. The summed E-state index contributed by atoms with van der Waals surface area (Å²) >= 11 is 6.01. The average Bonchev–Trinajstić information content (AvgIpc) is 2.61. The Morgan fingerprint density at radius 3 is 2.62 bits per heavy atom. The molecule has 1 heterocycles. The van der Waals surface area contributed by atoms with E-state index in [2.05, 4.69) is 9.97 Å². The van der Waals surface area contributed by atoms with Crippen molar-refractivity contribution in [1.82, 2.24) is 9.97 Å². The van der Waals surface area contributed by atoms with Crippen LogP contribution in [-0.4, -0.2) is 15.9 Å². The third kappa shape index (κ3) is 3.41. The van der Waals surface area contributed by atoms with Gasteiger partial charge in [-0.15, -0.1) is 0 Å². The maximum absolute atomic E-state index is 12.3. The number of anilines is 2. The molecule has 8 heteroatoms. The molecule has 2 aromatic carbocycles. The van der Waals surface area contributed by atoms with Crippen LogP contribution in [-0.2, 0) is 0 Å². The van der Waals surface area contributed by atoms with Crippen LogP contribution in [0.4, 0.5) is 11.8 Å². The first kappa shape index (κ1) is 17.2. The van der Waals surface area contributed by atoms with Crippen molar-refractivity contribution >= 4 is 29.3 Å². The second kappa shape index (κ2) is 7.09. The molecule has 0 atom stereocenters. The topological polar surface area (TPSA) is 128 Å². The van der Waals surface area contributed by atoms with E-state index in [0.717, 1.165) is 0 Å². The van der Waals surface area contributed by atoms with Crippen LogP contribution in [0.5, 0.6) is 5.75 Å². The Kier molecular flexibility index (Phi) is 4.69. The Morgan fingerprint density at radius 2 is 1.88 bits per heavy atom. The highest BCUT2D eigenvalue weighted by Gasteiger charge is 2.16. The Bertz CT molecular complexity index is 1050. The summed E-state index contributed by atoms with van der Waals surface area (Å²) in [4.78, 5) is 20.1. The molecule has 0 saturated carbocycles. The van der Waals surface area contributed by atoms with Crippen molar-refractivity contribution in [2.75, 3.05) is 11.5 Å². The molecule has 0 aliphatic heterocycles. The molecule has 4 N–H and O–H groups in total. The van der Waals surface area contributed by atoms with Crippen LogP contribution in [0.15, 0.2) is 48.5 Å². The van der Waals surface area contributed by atoms with Gasteiger partial charge in [0.05, 0.1) is 16.3 Å². The molecule has 0 aliphatic rings. The molecule has 7 nitrogen and oxygen atoms in total. The Hall–Kier alpha value is -3.63. The van der Waals surface area contributed by atoms with E-state index in [1.54, 1.807) is 48.5 Å². The van der Waals surface area contributed by atoms with Crippen molar-refractivity contribution < 1.29 is 9.53 Å². The summed E-state index contributed by atoms with van der Waals surface area (Å²) in [5.41, 5.74) is 12.4. The summed E-state index contributed by atoms with van der Waals surface area (Å²) in [5, 5.41) is 9.58. The number of halogens is 1. The minimum atomic E-state index is -0.602. The number of rotatable bonds is 3. The van der Waals surface area contributed by atoms with Crippen molar-refractivity contribution in [3.8, 4) is 23.1 Å². The number of aromatic nitrogens is 2. The number of hydrogen-bond donors (Lipinski definition) is 2. The van der Waals surface area contributed by atoms with Crippen molar-refractivity contribution in [2.24, 2.45) is 0 Å². The van der Waals surface area contributed by atoms with E-state index in [1.165, 1.54) is 0 Å². The van der Waals surface area contributed by atoms with Crippen LogP contribution in [0.3, 0.4) is 0 Å². The van der Waals surface area contributed by atoms with E-state index in [0.29, 0.717) is 5.56 Å². The van der Waals surface area contributed by atoms with E-state index >= 15 is 0 Å². The maximum Gasteiger partial charge on any atom is 0.345 e. The summed E-state index contributed by atoms with van der Waals surface area (Å²) in [6.45, 7) is 0. The van der Waals surface area contributed by atoms with Gasteiger partial charge in [0.2, 0.25) is 5.95 Å². The third-order valence-corrected chi connectivity index (χ3v) is 3.81. The molecular formula is C18H12ClN5O2. The minimum absolute atomic E-state index is 0.0199. The smallest absolute Gasteiger partial charge is 0.345 e. The van der Waals surface area contributed by atoms with Crippen LogP contribution in [0.2, 0.25) is 5.02 Å². The summed E-state index contributed by atoms with van der Waals surface area (Å²) in [6.07, 6.45) is 0. The molecule has 0 saturated heterocycles. The number of nitrogens with zero attached hydrogens (tertiary/aromatic N) is 3. The standard InChI is InChI=1S/C18H12ClN5O2/c19-14-7-2-1-6-12(14)17(25)26-11-5-3-4-10(8-11)15-13(9-20)16(21)24-18(22)23-15/h1-8H,(H4,21,22,23,24). The summed E-state index contributed by atoms with van der Waals surface area (Å²) in [6, 6.07) is 15.0. The summed E-state index contributed by atoms with van der Waals surface area (Å²) < 4.78 is 5.37. The number of hydrogen-bond acceptors (Lipinski definition) is 7. The molecule has 128 valence electrons. The van der Waals surface area contributed by atoms with Gasteiger partial charge < -0.3 is 16.2 Å². The van der Waals surface area contributed by atoms with Gasteiger partial charge in [-0.2, -0.15) is 10.2 Å². The van der Waals surface area contributed by atoms with Crippen molar-refractivity contribution in [1.29, 1.82) is 5.26 Å². The molecule has 0 spiro atoms. The predicted molar refractivity (Wildman–Crippen MR) is 97.4 cm³/mol. The molecule has 3 aromatic rings. The highest BCUT2D eigenvalue weighted by molar-refractivity contribution is 6.33. The van der Waals surface area contributed by atoms with Crippen LogP contribution in [0.25, 0.3) is 11.3 Å². The van der Waals surface area contributed by atoms with E-state index in [-0.39, 0.29) is 39.4 Å². The number of carbonyl (C=O) groups excluding carboxylic acids is 1. The van der Waals surface area contributed by atoms with Crippen molar-refractivity contribution in [2.45, 2.75) is 0 Å². The lowest BCUT2D eigenvalue weighted by molar-refractivity contribution is 0.0735. The second-order valence-corrected chi connectivity index (χ2v) is 5.61. The number of nitrogens with two attached hydrogens (primary N) is 2. The highest BCUT2D eigenvalue weighted by atomic mass is 35.5. The molecule has 3 rings (SSSR count). The molecular weight excluding hydrogens is 354 g/mol. The molecule has 0 radical (unpaired) electrons. The number of ether oxygens (including phenoxy) is 1. The molecule has 0 bridgehead atoms. The van der Waals surface area contributed by atoms with Crippen LogP contribution in [0.1, 0.15) is 15.9 Å². The fourth-order valence-corrected chi connectivity index (χ4v) is 2.52. The number of carbonyl (C=O) groups is 1. The quantitative estimate of drug-likeness (QED) is 0.539. The van der Waals surface area contributed by atoms with Gasteiger partial charge in [-0.3, -0.25) is 0 Å². The molecule has 0 amide bonds. The second-order valence-electron chi connectivity index (χ2n) is 5.20. The average molecular weight is 366 g/mol. The largest absolute Gasteiger partial charge is 0.423 e. The normalized spacial score (nSPS) is 10.2. The first-order valence-corrected chi connectivity index (χ1v) is 7.77. The van der Waals surface area contributed by atoms with Gasteiger partial charge in [0, 0.05) is 5.56 Å². The van der Waals surface area contributed by atoms with E-state index in [4.69, 9.17) is 27.8 Å². The van der Waals surface area contributed by atoms with Gasteiger partial charge in [0.1, 0.15) is 23.2 Å². The zero-order chi connectivity index (χ0) is 18.7. The monoisotopic (exact) mass is 365 g/mol. The summed E-state index contributed by atoms with van der Waals surface area (Å²) in [5.74, 6) is -0.425. The Balaban J connectivity index is 1.97.